The van der Waals surface area contributed by atoms with Crippen LogP contribution in [-0.2, 0) is 16.4 Å². The second-order valence-corrected chi connectivity index (χ2v) is 6.56. The van der Waals surface area contributed by atoms with Crippen molar-refractivity contribution in [2.24, 2.45) is 0 Å². The van der Waals surface area contributed by atoms with Crippen LogP contribution in [-0.4, -0.2) is 24.5 Å². The summed E-state index contributed by atoms with van der Waals surface area (Å²) in [7, 11) is -3.60. The van der Waals surface area contributed by atoms with Crippen molar-refractivity contribution >= 4 is 27.3 Å². The maximum atomic E-state index is 12.3. The van der Waals surface area contributed by atoms with Crippen LogP contribution in [0.5, 0.6) is 0 Å². The molecule has 0 amide bonds. The average Bonchev–Trinajstić information content (AvgIpc) is 2.71. The normalized spacial score (nSPS) is 11.6. The molecule has 0 saturated carbocycles. The molecule has 1 aromatic heterocycles. The van der Waals surface area contributed by atoms with E-state index in [9.17, 15) is 8.42 Å². The largest absolute Gasteiger partial charge is 0.280 e. The molecule has 0 unspecified atom stereocenters. The zero-order chi connectivity index (χ0) is 14.8. The third-order valence-corrected chi connectivity index (χ3v) is 4.54. The van der Waals surface area contributed by atoms with Gasteiger partial charge in [0.2, 0.25) is 0 Å². The van der Waals surface area contributed by atoms with Gasteiger partial charge in [0.15, 0.2) is 0 Å². The van der Waals surface area contributed by atoms with Crippen molar-refractivity contribution in [2.45, 2.75) is 25.2 Å². The van der Waals surface area contributed by atoms with E-state index in [1.807, 2.05) is 0 Å². The lowest BCUT2D eigenvalue weighted by Gasteiger charge is -2.08. The van der Waals surface area contributed by atoms with Gasteiger partial charge in [-0.3, -0.25) is 9.82 Å². The van der Waals surface area contributed by atoms with E-state index in [1.54, 1.807) is 38.1 Å². The van der Waals surface area contributed by atoms with Crippen LogP contribution in [0.1, 0.15) is 17.0 Å². The molecule has 2 aromatic rings. The smallest absolute Gasteiger partial charge is 0.262 e. The summed E-state index contributed by atoms with van der Waals surface area (Å²) >= 11 is 5.65. The Morgan fingerprint density at radius 2 is 1.90 bits per heavy atom. The number of H-pyrrole nitrogens is 1. The van der Waals surface area contributed by atoms with E-state index in [0.29, 0.717) is 23.0 Å². The van der Waals surface area contributed by atoms with E-state index in [1.165, 1.54) is 0 Å². The third kappa shape index (κ3) is 3.13. The molecule has 0 fully saturated rings. The van der Waals surface area contributed by atoms with E-state index in [4.69, 9.17) is 11.6 Å². The van der Waals surface area contributed by atoms with Gasteiger partial charge in [-0.1, -0.05) is 12.1 Å². The fraction of sp³-hybridized carbons (Fsp3) is 0.308. The minimum absolute atomic E-state index is 0.218. The van der Waals surface area contributed by atoms with Crippen LogP contribution in [0.4, 0.5) is 5.69 Å². The van der Waals surface area contributed by atoms with E-state index < -0.39 is 10.0 Å². The maximum Gasteiger partial charge on any atom is 0.262 e. The average molecular weight is 314 g/mol. The SMILES string of the molecule is Cc1n[nH]c(C)c1NS(=O)(=O)c1ccc(CCCl)cc1. The van der Waals surface area contributed by atoms with Crippen molar-refractivity contribution in [3.05, 3.63) is 41.2 Å². The number of anilines is 1. The van der Waals surface area contributed by atoms with Crippen LogP contribution in [0.2, 0.25) is 0 Å². The summed E-state index contributed by atoms with van der Waals surface area (Å²) in [6.07, 6.45) is 0.718. The van der Waals surface area contributed by atoms with Crippen molar-refractivity contribution in [1.29, 1.82) is 0 Å². The predicted molar refractivity (Wildman–Crippen MR) is 79.7 cm³/mol. The summed E-state index contributed by atoms with van der Waals surface area (Å²) in [4.78, 5) is 0.218. The Labute approximate surface area is 123 Å². The fourth-order valence-corrected chi connectivity index (χ4v) is 3.24. The molecule has 2 N–H and O–H groups in total. The van der Waals surface area contributed by atoms with E-state index in [0.717, 1.165) is 12.0 Å². The van der Waals surface area contributed by atoms with Crippen LogP contribution in [0.25, 0.3) is 0 Å². The Morgan fingerprint density at radius 3 is 2.40 bits per heavy atom. The van der Waals surface area contributed by atoms with Gasteiger partial charge in [0.1, 0.15) is 0 Å². The molecule has 108 valence electrons. The number of hydrogen-bond acceptors (Lipinski definition) is 3. The minimum atomic E-state index is -3.60. The molecule has 0 radical (unpaired) electrons. The van der Waals surface area contributed by atoms with Crippen LogP contribution >= 0.6 is 11.6 Å². The topological polar surface area (TPSA) is 74.8 Å². The Hall–Kier alpha value is -1.53. The Morgan fingerprint density at radius 1 is 1.25 bits per heavy atom. The zero-order valence-corrected chi connectivity index (χ0v) is 12.8. The summed E-state index contributed by atoms with van der Waals surface area (Å²) in [6, 6.07) is 6.70. The second-order valence-electron chi connectivity index (χ2n) is 4.50. The number of aromatic amines is 1. The lowest BCUT2D eigenvalue weighted by molar-refractivity contribution is 0.601. The molecule has 20 heavy (non-hydrogen) atoms. The van der Waals surface area contributed by atoms with Crippen LogP contribution in [0.3, 0.4) is 0 Å². The lowest BCUT2D eigenvalue weighted by atomic mass is 10.2. The van der Waals surface area contributed by atoms with Gasteiger partial charge in [-0.15, -0.1) is 11.6 Å². The number of aromatic nitrogens is 2. The van der Waals surface area contributed by atoms with Crippen molar-refractivity contribution < 1.29 is 8.42 Å². The highest BCUT2D eigenvalue weighted by molar-refractivity contribution is 7.92. The third-order valence-electron chi connectivity index (χ3n) is 2.98. The molecule has 0 saturated heterocycles. The first-order chi connectivity index (χ1) is 9.44. The Balaban J connectivity index is 2.26. The highest BCUT2D eigenvalue weighted by atomic mass is 35.5. The highest BCUT2D eigenvalue weighted by Crippen LogP contribution is 2.21. The van der Waals surface area contributed by atoms with Gasteiger partial charge in [-0.2, -0.15) is 5.10 Å². The lowest BCUT2D eigenvalue weighted by Crippen LogP contribution is -2.14. The molecular weight excluding hydrogens is 298 g/mol. The second kappa shape index (κ2) is 5.85. The molecule has 0 atom stereocenters. The van der Waals surface area contributed by atoms with E-state index in [2.05, 4.69) is 14.9 Å². The monoisotopic (exact) mass is 313 g/mol. The molecule has 0 spiro atoms. The van der Waals surface area contributed by atoms with Crippen molar-refractivity contribution in [3.63, 3.8) is 0 Å². The highest BCUT2D eigenvalue weighted by Gasteiger charge is 2.17. The maximum absolute atomic E-state index is 12.3. The van der Waals surface area contributed by atoms with Crippen molar-refractivity contribution in [1.82, 2.24) is 10.2 Å². The quantitative estimate of drug-likeness (QED) is 0.833. The van der Waals surface area contributed by atoms with Crippen molar-refractivity contribution in [2.75, 3.05) is 10.6 Å². The zero-order valence-electron chi connectivity index (χ0n) is 11.3. The molecule has 0 aliphatic heterocycles. The molecule has 0 aliphatic carbocycles. The number of rotatable bonds is 5. The first-order valence-corrected chi connectivity index (χ1v) is 8.15. The van der Waals surface area contributed by atoms with Crippen molar-refractivity contribution in [3.8, 4) is 0 Å². The molecule has 1 heterocycles. The molecule has 0 bridgehead atoms. The number of benzene rings is 1. The molecular formula is C13H16ClN3O2S. The van der Waals surface area contributed by atoms with Crippen LogP contribution in [0, 0.1) is 13.8 Å². The molecule has 7 heteroatoms. The number of nitrogens with zero attached hydrogens (tertiary/aromatic N) is 1. The number of aryl methyl sites for hydroxylation is 3. The van der Waals surface area contributed by atoms with Gasteiger partial charge < -0.3 is 0 Å². The first kappa shape index (κ1) is 14.9. The van der Waals surface area contributed by atoms with Gasteiger partial charge in [0.25, 0.3) is 10.0 Å². The van der Waals surface area contributed by atoms with E-state index >= 15 is 0 Å². The fourth-order valence-electron chi connectivity index (χ4n) is 1.84. The van der Waals surface area contributed by atoms with Crippen LogP contribution in [0.15, 0.2) is 29.2 Å². The predicted octanol–water partition coefficient (Wildman–Crippen LogP) is 2.61. The minimum Gasteiger partial charge on any atom is -0.280 e. The van der Waals surface area contributed by atoms with Gasteiger partial charge in [0, 0.05) is 5.88 Å². The van der Waals surface area contributed by atoms with Gasteiger partial charge in [-0.05, 0) is 38.0 Å². The summed E-state index contributed by atoms with van der Waals surface area (Å²) in [5.41, 5.74) is 2.80. The summed E-state index contributed by atoms with van der Waals surface area (Å²) in [6.45, 7) is 3.51. The molecule has 0 aliphatic rings. The number of halogens is 1. The molecule has 2 rings (SSSR count). The summed E-state index contributed by atoms with van der Waals surface area (Å²) in [5.74, 6) is 0.512. The number of sulfonamides is 1. The van der Waals surface area contributed by atoms with E-state index in [-0.39, 0.29) is 4.90 Å². The molecule has 5 nitrogen and oxygen atoms in total. The standard InChI is InChI=1S/C13H16ClN3O2S/c1-9-13(10(2)16-15-9)17-20(18,19)12-5-3-11(4-6-12)7-8-14/h3-6,17H,7-8H2,1-2H3,(H,15,16). The molecule has 1 aromatic carbocycles. The first-order valence-electron chi connectivity index (χ1n) is 6.13. The van der Waals surface area contributed by atoms with Gasteiger partial charge >= 0.3 is 0 Å². The number of alkyl halides is 1. The summed E-state index contributed by atoms with van der Waals surface area (Å²) in [5, 5.41) is 6.71. The van der Waals surface area contributed by atoms with Gasteiger partial charge in [0.05, 0.1) is 22.0 Å². The number of nitrogens with one attached hydrogen (secondary N) is 2. The Kier molecular flexibility index (Phi) is 4.35. The number of hydrogen-bond donors (Lipinski definition) is 2. The Bertz CT molecular complexity index is 673. The van der Waals surface area contributed by atoms with Crippen LogP contribution < -0.4 is 4.72 Å². The van der Waals surface area contributed by atoms with Gasteiger partial charge in [-0.25, -0.2) is 8.42 Å². The summed E-state index contributed by atoms with van der Waals surface area (Å²) < 4.78 is 27.1.